The summed E-state index contributed by atoms with van der Waals surface area (Å²) < 4.78 is 0. The van der Waals surface area contributed by atoms with Gasteiger partial charge in [-0.1, -0.05) is 39.8 Å². The zero-order valence-corrected chi connectivity index (χ0v) is 13.0. The van der Waals surface area contributed by atoms with E-state index in [1.54, 1.807) is 32.9 Å². The summed E-state index contributed by atoms with van der Waals surface area (Å²) in [5.74, 6) is -1.28. The fourth-order valence-electron chi connectivity index (χ4n) is 2.09. The van der Waals surface area contributed by atoms with Gasteiger partial charge in [-0.15, -0.1) is 0 Å². The highest BCUT2D eigenvalue weighted by Crippen LogP contribution is 2.22. The van der Waals surface area contributed by atoms with Gasteiger partial charge in [0.25, 0.3) is 0 Å². The van der Waals surface area contributed by atoms with E-state index in [1.807, 2.05) is 19.1 Å². The van der Waals surface area contributed by atoms with Crippen molar-refractivity contribution in [2.24, 2.45) is 5.41 Å². The third kappa shape index (κ3) is 5.10. The van der Waals surface area contributed by atoms with Crippen LogP contribution in [0.15, 0.2) is 24.3 Å². The van der Waals surface area contributed by atoms with Gasteiger partial charge in [-0.3, -0.25) is 4.79 Å². The van der Waals surface area contributed by atoms with E-state index in [0.717, 1.165) is 5.56 Å². The van der Waals surface area contributed by atoms with Crippen LogP contribution in [0.3, 0.4) is 0 Å². The number of nitrogens with two attached hydrogens (primary N) is 1. The molecule has 2 unspecified atom stereocenters. The van der Waals surface area contributed by atoms with E-state index in [-0.39, 0.29) is 18.2 Å². The van der Waals surface area contributed by atoms with E-state index in [0.29, 0.717) is 5.69 Å². The number of carboxylic acid groups (broad SMARTS) is 1. The standard InChI is InChI=1S/C16H24N2O3/c1-10(11-5-7-12(17)8-6-11)9-13(19)18-14(15(20)21)16(2,3)4/h5-8,10,14H,9,17H2,1-4H3,(H,18,19)(H,20,21). The van der Waals surface area contributed by atoms with Crippen LogP contribution in [0, 0.1) is 5.41 Å². The number of carbonyl (C=O) groups is 2. The highest BCUT2D eigenvalue weighted by molar-refractivity contribution is 5.84. The van der Waals surface area contributed by atoms with Gasteiger partial charge < -0.3 is 16.2 Å². The van der Waals surface area contributed by atoms with Crippen LogP contribution in [0.2, 0.25) is 0 Å². The summed E-state index contributed by atoms with van der Waals surface area (Å²) in [6, 6.07) is 6.44. The van der Waals surface area contributed by atoms with E-state index in [2.05, 4.69) is 5.32 Å². The Kier molecular flexibility index (Phi) is 5.35. The Morgan fingerprint density at radius 2 is 1.76 bits per heavy atom. The van der Waals surface area contributed by atoms with Gasteiger partial charge in [-0.25, -0.2) is 4.79 Å². The van der Waals surface area contributed by atoms with Crippen LogP contribution in [-0.2, 0) is 9.59 Å². The molecular formula is C16H24N2O3. The fourth-order valence-corrected chi connectivity index (χ4v) is 2.09. The first-order valence-electron chi connectivity index (χ1n) is 6.99. The number of hydrogen-bond acceptors (Lipinski definition) is 3. The summed E-state index contributed by atoms with van der Waals surface area (Å²) in [5, 5.41) is 11.8. The minimum absolute atomic E-state index is 0.0000123. The maximum absolute atomic E-state index is 12.1. The number of carbonyl (C=O) groups excluding carboxylic acids is 1. The predicted octanol–water partition coefficient (Wildman–Crippen LogP) is 2.38. The van der Waals surface area contributed by atoms with Gasteiger partial charge in [-0.05, 0) is 29.0 Å². The van der Waals surface area contributed by atoms with Crippen molar-refractivity contribution in [3.63, 3.8) is 0 Å². The van der Waals surface area contributed by atoms with Crippen LogP contribution in [0.1, 0.15) is 45.6 Å². The van der Waals surface area contributed by atoms with Crippen LogP contribution in [0.5, 0.6) is 0 Å². The van der Waals surface area contributed by atoms with Crippen molar-refractivity contribution in [3.05, 3.63) is 29.8 Å². The summed E-state index contributed by atoms with van der Waals surface area (Å²) >= 11 is 0. The lowest BCUT2D eigenvalue weighted by Gasteiger charge is -2.28. The number of nitrogen functional groups attached to an aromatic ring is 1. The molecule has 1 rings (SSSR count). The van der Waals surface area contributed by atoms with E-state index in [4.69, 9.17) is 5.73 Å². The lowest BCUT2D eigenvalue weighted by atomic mass is 9.86. The maximum atomic E-state index is 12.1. The second kappa shape index (κ2) is 6.61. The normalized spacial score (nSPS) is 14.3. The Labute approximate surface area is 125 Å². The molecule has 0 aliphatic rings. The lowest BCUT2D eigenvalue weighted by Crippen LogP contribution is -2.49. The number of aliphatic carboxylic acids is 1. The Morgan fingerprint density at radius 1 is 1.24 bits per heavy atom. The Hall–Kier alpha value is -2.04. The first-order valence-corrected chi connectivity index (χ1v) is 6.99. The van der Waals surface area contributed by atoms with Crippen molar-refractivity contribution in [1.29, 1.82) is 0 Å². The van der Waals surface area contributed by atoms with Gasteiger partial charge >= 0.3 is 5.97 Å². The quantitative estimate of drug-likeness (QED) is 0.726. The third-order valence-corrected chi connectivity index (χ3v) is 3.42. The van der Waals surface area contributed by atoms with Crippen LogP contribution >= 0.6 is 0 Å². The number of nitrogens with one attached hydrogen (secondary N) is 1. The van der Waals surface area contributed by atoms with Crippen LogP contribution < -0.4 is 11.1 Å². The van der Waals surface area contributed by atoms with E-state index in [1.165, 1.54) is 0 Å². The molecular weight excluding hydrogens is 268 g/mol. The molecule has 0 bridgehead atoms. The molecule has 5 nitrogen and oxygen atoms in total. The van der Waals surface area contributed by atoms with Crippen molar-refractivity contribution < 1.29 is 14.7 Å². The van der Waals surface area contributed by atoms with Crippen molar-refractivity contribution in [2.75, 3.05) is 5.73 Å². The van der Waals surface area contributed by atoms with Crippen molar-refractivity contribution in [3.8, 4) is 0 Å². The topological polar surface area (TPSA) is 92.4 Å². The molecule has 0 saturated carbocycles. The largest absolute Gasteiger partial charge is 0.480 e. The van der Waals surface area contributed by atoms with Crippen molar-refractivity contribution in [2.45, 2.75) is 46.1 Å². The first kappa shape index (κ1) is 17.0. The molecule has 0 aliphatic heterocycles. The number of benzene rings is 1. The summed E-state index contributed by atoms with van der Waals surface area (Å²) in [4.78, 5) is 23.3. The summed E-state index contributed by atoms with van der Waals surface area (Å²) in [5.41, 5.74) is 6.77. The minimum atomic E-state index is -1.02. The molecule has 0 spiro atoms. The molecule has 116 valence electrons. The SMILES string of the molecule is CC(CC(=O)NC(C(=O)O)C(C)(C)C)c1ccc(N)cc1. The highest BCUT2D eigenvalue weighted by Gasteiger charge is 2.32. The number of carboxylic acids is 1. The molecule has 0 aliphatic carbocycles. The Balaban J connectivity index is 2.68. The average Bonchev–Trinajstić information content (AvgIpc) is 2.35. The third-order valence-electron chi connectivity index (χ3n) is 3.42. The molecule has 1 aromatic carbocycles. The highest BCUT2D eigenvalue weighted by atomic mass is 16.4. The lowest BCUT2D eigenvalue weighted by molar-refractivity contribution is -0.145. The van der Waals surface area contributed by atoms with Crippen molar-refractivity contribution in [1.82, 2.24) is 5.32 Å². The second-order valence-electron chi connectivity index (χ2n) is 6.48. The average molecular weight is 292 g/mol. The van der Waals surface area contributed by atoms with Gasteiger partial charge in [0.05, 0.1) is 0 Å². The number of rotatable bonds is 5. The van der Waals surface area contributed by atoms with Gasteiger partial charge in [-0.2, -0.15) is 0 Å². The molecule has 0 aromatic heterocycles. The molecule has 2 atom stereocenters. The molecule has 21 heavy (non-hydrogen) atoms. The monoisotopic (exact) mass is 292 g/mol. The smallest absolute Gasteiger partial charge is 0.326 e. The molecule has 4 N–H and O–H groups in total. The molecule has 5 heteroatoms. The summed E-state index contributed by atoms with van der Waals surface area (Å²) in [7, 11) is 0. The van der Waals surface area contributed by atoms with Gasteiger partial charge in [0.2, 0.25) is 5.91 Å². The van der Waals surface area contributed by atoms with E-state index in [9.17, 15) is 14.7 Å². The number of hydrogen-bond donors (Lipinski definition) is 3. The van der Waals surface area contributed by atoms with E-state index < -0.39 is 17.4 Å². The molecule has 0 heterocycles. The van der Waals surface area contributed by atoms with Gasteiger partial charge in [0.1, 0.15) is 6.04 Å². The first-order chi connectivity index (χ1) is 9.61. The predicted molar refractivity (Wildman–Crippen MR) is 82.9 cm³/mol. The summed E-state index contributed by atoms with van der Waals surface area (Å²) in [6.07, 6.45) is 0.240. The zero-order chi connectivity index (χ0) is 16.2. The maximum Gasteiger partial charge on any atom is 0.326 e. The van der Waals surface area contributed by atoms with Crippen molar-refractivity contribution >= 4 is 17.6 Å². The fraction of sp³-hybridized carbons (Fsp3) is 0.500. The van der Waals surface area contributed by atoms with Crippen LogP contribution in [0.25, 0.3) is 0 Å². The number of amides is 1. The molecule has 1 aromatic rings. The van der Waals surface area contributed by atoms with E-state index >= 15 is 0 Å². The van der Waals surface area contributed by atoms with Crippen LogP contribution in [0.4, 0.5) is 5.69 Å². The Bertz CT molecular complexity index is 503. The summed E-state index contributed by atoms with van der Waals surface area (Å²) in [6.45, 7) is 7.29. The van der Waals surface area contributed by atoms with Gasteiger partial charge in [0.15, 0.2) is 0 Å². The number of anilines is 1. The molecule has 0 radical (unpaired) electrons. The molecule has 0 saturated heterocycles. The minimum Gasteiger partial charge on any atom is -0.480 e. The second-order valence-corrected chi connectivity index (χ2v) is 6.48. The van der Waals surface area contributed by atoms with Crippen LogP contribution in [-0.4, -0.2) is 23.0 Å². The molecule has 1 amide bonds. The van der Waals surface area contributed by atoms with Gasteiger partial charge in [0, 0.05) is 12.1 Å². The molecule has 0 fully saturated rings. The Morgan fingerprint density at radius 3 is 2.19 bits per heavy atom. The zero-order valence-electron chi connectivity index (χ0n) is 13.0.